The number of ether oxygens (including phenoxy) is 2. The van der Waals surface area contributed by atoms with Crippen molar-refractivity contribution in [2.45, 2.75) is 39.1 Å². The van der Waals surface area contributed by atoms with E-state index in [9.17, 15) is 4.79 Å². The van der Waals surface area contributed by atoms with E-state index in [1.807, 2.05) is 13.8 Å². The minimum absolute atomic E-state index is 0.0161. The number of hydrogen-bond donors (Lipinski definition) is 0. The second-order valence-corrected chi connectivity index (χ2v) is 3.92. The van der Waals surface area contributed by atoms with Crippen LogP contribution in [0.5, 0.6) is 0 Å². The van der Waals surface area contributed by atoms with Crippen molar-refractivity contribution in [1.82, 2.24) is 9.80 Å². The third-order valence-corrected chi connectivity index (χ3v) is 2.76. The SMILES string of the molecule is CCCN1C(=O)N(CCC)C(OC)C1OC. The zero-order valence-electron chi connectivity index (χ0n) is 10.6. The van der Waals surface area contributed by atoms with Crippen molar-refractivity contribution < 1.29 is 14.3 Å². The Morgan fingerprint density at radius 3 is 1.62 bits per heavy atom. The van der Waals surface area contributed by atoms with Gasteiger partial charge < -0.3 is 9.47 Å². The number of urea groups is 1. The molecule has 94 valence electrons. The van der Waals surface area contributed by atoms with Crippen LogP contribution in [0.2, 0.25) is 0 Å². The Morgan fingerprint density at radius 2 is 1.38 bits per heavy atom. The summed E-state index contributed by atoms with van der Waals surface area (Å²) in [5.74, 6) is 0. The molecule has 1 rings (SSSR count). The van der Waals surface area contributed by atoms with Crippen molar-refractivity contribution in [3.63, 3.8) is 0 Å². The summed E-state index contributed by atoms with van der Waals surface area (Å²) in [4.78, 5) is 15.6. The maximum Gasteiger partial charge on any atom is 0.324 e. The molecule has 2 unspecified atom stereocenters. The van der Waals surface area contributed by atoms with Crippen LogP contribution < -0.4 is 0 Å². The van der Waals surface area contributed by atoms with Gasteiger partial charge in [0, 0.05) is 27.3 Å². The molecule has 0 spiro atoms. The predicted molar refractivity (Wildman–Crippen MR) is 61.0 cm³/mol. The molecule has 0 aromatic rings. The predicted octanol–water partition coefficient (Wildman–Crippen LogP) is 1.49. The van der Waals surface area contributed by atoms with Gasteiger partial charge in [0.05, 0.1) is 0 Å². The summed E-state index contributed by atoms with van der Waals surface area (Å²) in [5, 5.41) is 0. The van der Waals surface area contributed by atoms with Gasteiger partial charge in [0.25, 0.3) is 0 Å². The zero-order valence-corrected chi connectivity index (χ0v) is 10.6. The molecule has 0 saturated carbocycles. The molecule has 1 fully saturated rings. The molecule has 1 saturated heterocycles. The van der Waals surface area contributed by atoms with Crippen LogP contribution in [0.25, 0.3) is 0 Å². The van der Waals surface area contributed by atoms with Crippen molar-refractivity contribution in [1.29, 1.82) is 0 Å². The van der Waals surface area contributed by atoms with Crippen molar-refractivity contribution >= 4 is 6.03 Å². The lowest BCUT2D eigenvalue weighted by molar-refractivity contribution is -0.107. The first-order valence-corrected chi connectivity index (χ1v) is 5.84. The first-order chi connectivity index (χ1) is 7.71. The minimum Gasteiger partial charge on any atom is -0.357 e. The molecule has 5 heteroatoms. The van der Waals surface area contributed by atoms with E-state index in [4.69, 9.17) is 9.47 Å². The molecule has 0 bridgehead atoms. The molecule has 5 nitrogen and oxygen atoms in total. The number of nitrogens with zero attached hydrogens (tertiary/aromatic N) is 2. The number of hydrogen-bond acceptors (Lipinski definition) is 3. The van der Waals surface area contributed by atoms with Gasteiger partial charge in [-0.1, -0.05) is 13.8 Å². The molecular weight excluding hydrogens is 208 g/mol. The largest absolute Gasteiger partial charge is 0.357 e. The molecular formula is C11H22N2O3. The number of carbonyl (C=O) groups excluding carboxylic acids is 1. The molecule has 1 aliphatic rings. The Balaban J connectivity index is 2.83. The van der Waals surface area contributed by atoms with Crippen LogP contribution in [0, 0.1) is 0 Å². The highest BCUT2D eigenvalue weighted by molar-refractivity contribution is 5.77. The maximum absolute atomic E-state index is 12.1. The summed E-state index contributed by atoms with van der Waals surface area (Å²) in [7, 11) is 3.23. The molecule has 16 heavy (non-hydrogen) atoms. The van der Waals surface area contributed by atoms with Gasteiger partial charge in [0.2, 0.25) is 0 Å². The standard InChI is InChI=1S/C11H22N2O3/c1-5-7-12-9(15-3)10(16-4)13(8-6-2)11(12)14/h9-10H,5-8H2,1-4H3. The topological polar surface area (TPSA) is 42.0 Å². The van der Waals surface area contributed by atoms with Gasteiger partial charge in [-0.2, -0.15) is 0 Å². The average Bonchev–Trinajstić information content (AvgIpc) is 2.54. The lowest BCUT2D eigenvalue weighted by Gasteiger charge is -2.24. The maximum atomic E-state index is 12.1. The molecule has 0 radical (unpaired) electrons. The third-order valence-electron chi connectivity index (χ3n) is 2.76. The van der Waals surface area contributed by atoms with Crippen LogP contribution in [-0.2, 0) is 9.47 Å². The van der Waals surface area contributed by atoms with Crippen LogP contribution in [0.4, 0.5) is 4.79 Å². The highest BCUT2D eigenvalue weighted by Crippen LogP contribution is 2.24. The molecule has 1 aliphatic heterocycles. The van der Waals surface area contributed by atoms with Gasteiger partial charge in [-0.15, -0.1) is 0 Å². The van der Waals surface area contributed by atoms with Crippen LogP contribution in [-0.4, -0.2) is 55.6 Å². The highest BCUT2D eigenvalue weighted by Gasteiger charge is 2.45. The fourth-order valence-electron chi connectivity index (χ4n) is 2.11. The lowest BCUT2D eigenvalue weighted by atomic mass is 10.4. The molecule has 2 amide bonds. The van der Waals surface area contributed by atoms with E-state index >= 15 is 0 Å². The Kier molecular flexibility index (Phi) is 5.02. The summed E-state index contributed by atoms with van der Waals surface area (Å²) >= 11 is 0. The third kappa shape index (κ3) is 2.30. The van der Waals surface area contributed by atoms with Gasteiger partial charge in [-0.25, -0.2) is 4.79 Å². The van der Waals surface area contributed by atoms with E-state index in [-0.39, 0.29) is 18.5 Å². The monoisotopic (exact) mass is 230 g/mol. The van der Waals surface area contributed by atoms with Gasteiger partial charge in [-0.05, 0) is 12.8 Å². The summed E-state index contributed by atoms with van der Waals surface area (Å²) < 4.78 is 10.7. The molecule has 0 N–H and O–H groups in total. The molecule has 2 atom stereocenters. The summed E-state index contributed by atoms with van der Waals surface area (Å²) in [6.45, 7) is 5.50. The van der Waals surface area contributed by atoms with Crippen molar-refractivity contribution in [3.05, 3.63) is 0 Å². The Hall–Kier alpha value is -0.810. The van der Waals surface area contributed by atoms with Crippen molar-refractivity contribution in [3.8, 4) is 0 Å². The number of methoxy groups -OCH3 is 2. The van der Waals surface area contributed by atoms with E-state index in [0.29, 0.717) is 13.1 Å². The van der Waals surface area contributed by atoms with E-state index in [1.54, 1.807) is 24.0 Å². The van der Waals surface area contributed by atoms with E-state index in [0.717, 1.165) is 12.8 Å². The minimum atomic E-state index is -0.288. The van der Waals surface area contributed by atoms with Crippen LogP contribution in [0.15, 0.2) is 0 Å². The Bertz CT molecular complexity index is 213. The second-order valence-electron chi connectivity index (χ2n) is 3.92. The first-order valence-electron chi connectivity index (χ1n) is 5.84. The fourth-order valence-corrected chi connectivity index (χ4v) is 2.11. The second kappa shape index (κ2) is 6.06. The molecule has 0 aromatic carbocycles. The fraction of sp³-hybridized carbons (Fsp3) is 0.909. The van der Waals surface area contributed by atoms with Crippen molar-refractivity contribution in [2.75, 3.05) is 27.3 Å². The molecule has 1 heterocycles. The Morgan fingerprint density at radius 1 is 1.00 bits per heavy atom. The highest BCUT2D eigenvalue weighted by atomic mass is 16.6. The number of rotatable bonds is 6. The van der Waals surface area contributed by atoms with Gasteiger partial charge in [0.1, 0.15) is 0 Å². The average molecular weight is 230 g/mol. The van der Waals surface area contributed by atoms with Gasteiger partial charge in [-0.3, -0.25) is 9.80 Å². The Labute approximate surface area is 97.3 Å². The number of carbonyl (C=O) groups is 1. The summed E-state index contributed by atoms with van der Waals surface area (Å²) in [6.07, 6.45) is 1.26. The van der Waals surface area contributed by atoms with Gasteiger partial charge >= 0.3 is 6.03 Å². The first kappa shape index (κ1) is 13.3. The van der Waals surface area contributed by atoms with E-state index in [2.05, 4.69) is 0 Å². The van der Waals surface area contributed by atoms with E-state index in [1.165, 1.54) is 0 Å². The van der Waals surface area contributed by atoms with Crippen molar-refractivity contribution in [2.24, 2.45) is 0 Å². The van der Waals surface area contributed by atoms with E-state index < -0.39 is 0 Å². The molecule has 0 aliphatic carbocycles. The summed E-state index contributed by atoms with van der Waals surface area (Å²) in [5.41, 5.74) is 0. The summed E-state index contributed by atoms with van der Waals surface area (Å²) in [6, 6.07) is 0.0161. The smallest absolute Gasteiger partial charge is 0.324 e. The number of amides is 2. The van der Waals surface area contributed by atoms with Gasteiger partial charge in [0.15, 0.2) is 12.5 Å². The zero-order chi connectivity index (χ0) is 12.1. The van der Waals surface area contributed by atoms with Crippen LogP contribution >= 0.6 is 0 Å². The normalized spacial score (nSPS) is 25.6. The molecule has 0 aromatic heterocycles. The lowest BCUT2D eigenvalue weighted by Crippen LogP contribution is -2.40. The van der Waals surface area contributed by atoms with Crippen LogP contribution in [0.1, 0.15) is 26.7 Å². The quantitative estimate of drug-likeness (QED) is 0.694. The van der Waals surface area contributed by atoms with Crippen LogP contribution in [0.3, 0.4) is 0 Å².